The molecular weight excluding hydrogens is 264 g/mol. The molecule has 21 heavy (non-hydrogen) atoms. The van der Waals surface area contributed by atoms with Crippen LogP contribution in [0, 0.1) is 0 Å². The van der Waals surface area contributed by atoms with Crippen LogP contribution in [0.1, 0.15) is 30.9 Å². The Morgan fingerprint density at radius 3 is 2.57 bits per heavy atom. The van der Waals surface area contributed by atoms with Crippen LogP contribution in [0.25, 0.3) is 0 Å². The van der Waals surface area contributed by atoms with E-state index in [1.165, 1.54) is 5.56 Å². The topological polar surface area (TPSA) is 64.3 Å². The lowest BCUT2D eigenvalue weighted by atomic mass is 10.0. The standard InChI is InChI=1S/C17H18N2O2/c1-10(2)11-3-5-13(6-4-11)21-16-9-15-12(7-14(16)18)8-17(20)19-15/h3-7,9-10H,8,18H2,1-2H3,(H,19,20). The Hall–Kier alpha value is -2.49. The summed E-state index contributed by atoms with van der Waals surface area (Å²) in [5, 5.41) is 2.80. The fourth-order valence-corrected chi connectivity index (χ4v) is 2.41. The highest BCUT2D eigenvalue weighted by Gasteiger charge is 2.20. The maximum atomic E-state index is 11.4. The van der Waals surface area contributed by atoms with Crippen molar-refractivity contribution in [3.8, 4) is 11.5 Å². The van der Waals surface area contributed by atoms with Gasteiger partial charge in [-0.1, -0.05) is 26.0 Å². The van der Waals surface area contributed by atoms with Gasteiger partial charge in [0.25, 0.3) is 0 Å². The number of benzene rings is 2. The molecule has 0 aromatic heterocycles. The third-order valence-corrected chi connectivity index (χ3v) is 3.64. The number of anilines is 2. The van der Waals surface area contributed by atoms with Crippen molar-refractivity contribution in [2.45, 2.75) is 26.2 Å². The van der Waals surface area contributed by atoms with Gasteiger partial charge in [-0.2, -0.15) is 0 Å². The van der Waals surface area contributed by atoms with Gasteiger partial charge in [0.05, 0.1) is 12.1 Å². The molecule has 4 heteroatoms. The second-order valence-corrected chi connectivity index (χ2v) is 5.60. The highest BCUT2D eigenvalue weighted by atomic mass is 16.5. The molecule has 0 fully saturated rings. The third kappa shape index (κ3) is 2.70. The molecule has 2 aromatic rings. The average molecular weight is 282 g/mol. The van der Waals surface area contributed by atoms with E-state index in [0.29, 0.717) is 23.8 Å². The van der Waals surface area contributed by atoms with Crippen LogP contribution in [-0.4, -0.2) is 5.91 Å². The van der Waals surface area contributed by atoms with Crippen LogP contribution in [0.15, 0.2) is 36.4 Å². The fraction of sp³-hybridized carbons (Fsp3) is 0.235. The van der Waals surface area contributed by atoms with Gasteiger partial charge in [-0.25, -0.2) is 0 Å². The number of hydrogen-bond donors (Lipinski definition) is 2. The summed E-state index contributed by atoms with van der Waals surface area (Å²) < 4.78 is 5.83. The van der Waals surface area contributed by atoms with E-state index in [0.717, 1.165) is 17.0 Å². The first-order valence-electron chi connectivity index (χ1n) is 7.03. The van der Waals surface area contributed by atoms with Gasteiger partial charge >= 0.3 is 0 Å². The van der Waals surface area contributed by atoms with Crippen molar-refractivity contribution in [2.75, 3.05) is 11.1 Å². The summed E-state index contributed by atoms with van der Waals surface area (Å²) >= 11 is 0. The van der Waals surface area contributed by atoms with Gasteiger partial charge in [0.15, 0.2) is 5.75 Å². The number of hydrogen-bond acceptors (Lipinski definition) is 3. The number of nitrogen functional groups attached to an aromatic ring is 1. The van der Waals surface area contributed by atoms with E-state index in [1.54, 1.807) is 12.1 Å². The second-order valence-electron chi connectivity index (χ2n) is 5.60. The van der Waals surface area contributed by atoms with Gasteiger partial charge in [0.2, 0.25) is 5.91 Å². The van der Waals surface area contributed by atoms with Crippen LogP contribution in [-0.2, 0) is 11.2 Å². The van der Waals surface area contributed by atoms with Crippen LogP contribution < -0.4 is 15.8 Å². The van der Waals surface area contributed by atoms with E-state index in [-0.39, 0.29) is 5.91 Å². The molecule has 3 N–H and O–H groups in total. The zero-order valence-corrected chi connectivity index (χ0v) is 12.1. The van der Waals surface area contributed by atoms with E-state index in [2.05, 4.69) is 19.2 Å². The number of ether oxygens (including phenoxy) is 1. The maximum Gasteiger partial charge on any atom is 0.228 e. The van der Waals surface area contributed by atoms with Gasteiger partial charge < -0.3 is 15.8 Å². The van der Waals surface area contributed by atoms with Crippen molar-refractivity contribution in [3.63, 3.8) is 0 Å². The minimum atomic E-state index is -0.0113. The average Bonchev–Trinajstić information content (AvgIpc) is 2.79. The molecule has 1 amide bonds. The van der Waals surface area contributed by atoms with E-state index >= 15 is 0 Å². The molecule has 0 saturated carbocycles. The molecule has 1 heterocycles. The van der Waals surface area contributed by atoms with E-state index in [9.17, 15) is 4.79 Å². The van der Waals surface area contributed by atoms with Crippen molar-refractivity contribution in [1.29, 1.82) is 0 Å². The lowest BCUT2D eigenvalue weighted by Gasteiger charge is -2.12. The zero-order chi connectivity index (χ0) is 15.0. The molecule has 0 bridgehead atoms. The van der Waals surface area contributed by atoms with Crippen LogP contribution in [0.3, 0.4) is 0 Å². The second kappa shape index (κ2) is 5.13. The predicted octanol–water partition coefficient (Wildman–Crippen LogP) is 3.68. The minimum absolute atomic E-state index is 0.0113. The molecule has 0 aliphatic carbocycles. The van der Waals surface area contributed by atoms with E-state index in [4.69, 9.17) is 10.5 Å². The van der Waals surface area contributed by atoms with E-state index in [1.807, 2.05) is 24.3 Å². The molecule has 3 rings (SSSR count). The first kappa shape index (κ1) is 13.5. The van der Waals surface area contributed by atoms with Crippen molar-refractivity contribution < 1.29 is 9.53 Å². The summed E-state index contributed by atoms with van der Waals surface area (Å²) in [6.45, 7) is 4.30. The number of carbonyl (C=O) groups excluding carboxylic acids is 1. The third-order valence-electron chi connectivity index (χ3n) is 3.64. The molecule has 1 aliphatic heterocycles. The minimum Gasteiger partial charge on any atom is -0.455 e. The molecule has 108 valence electrons. The monoisotopic (exact) mass is 282 g/mol. The summed E-state index contributed by atoms with van der Waals surface area (Å²) in [6, 6.07) is 11.5. The van der Waals surface area contributed by atoms with E-state index < -0.39 is 0 Å². The molecule has 4 nitrogen and oxygen atoms in total. The number of carbonyl (C=O) groups is 1. The lowest BCUT2D eigenvalue weighted by molar-refractivity contribution is -0.115. The molecule has 2 aromatic carbocycles. The number of nitrogens with two attached hydrogens (primary N) is 1. The fourth-order valence-electron chi connectivity index (χ4n) is 2.41. The number of fused-ring (bicyclic) bond motifs is 1. The van der Waals surface area contributed by atoms with Gasteiger partial charge in [-0.05, 0) is 35.2 Å². The first-order chi connectivity index (χ1) is 10.0. The first-order valence-corrected chi connectivity index (χ1v) is 7.03. The largest absolute Gasteiger partial charge is 0.455 e. The quantitative estimate of drug-likeness (QED) is 0.844. The normalized spacial score (nSPS) is 13.2. The summed E-state index contributed by atoms with van der Waals surface area (Å²) in [4.78, 5) is 11.4. The van der Waals surface area contributed by atoms with Gasteiger partial charge in [0.1, 0.15) is 5.75 Å². The Balaban J connectivity index is 1.85. The SMILES string of the molecule is CC(C)c1ccc(Oc2cc3c(cc2N)CC(=O)N3)cc1. The van der Waals surface area contributed by atoms with Crippen LogP contribution >= 0.6 is 0 Å². The molecule has 1 aliphatic rings. The Morgan fingerprint density at radius 1 is 1.19 bits per heavy atom. The van der Waals surface area contributed by atoms with Crippen LogP contribution in [0.4, 0.5) is 11.4 Å². The lowest BCUT2D eigenvalue weighted by Crippen LogP contribution is -2.03. The van der Waals surface area contributed by atoms with Crippen LogP contribution in [0.5, 0.6) is 11.5 Å². The molecule has 0 atom stereocenters. The van der Waals surface area contributed by atoms with Crippen molar-refractivity contribution >= 4 is 17.3 Å². The van der Waals surface area contributed by atoms with Crippen LogP contribution in [0.2, 0.25) is 0 Å². The highest BCUT2D eigenvalue weighted by molar-refractivity contribution is 6.00. The van der Waals surface area contributed by atoms with Crippen molar-refractivity contribution in [1.82, 2.24) is 0 Å². The Labute approximate surface area is 123 Å². The number of nitrogens with one attached hydrogen (secondary N) is 1. The smallest absolute Gasteiger partial charge is 0.228 e. The Morgan fingerprint density at radius 2 is 1.90 bits per heavy atom. The number of rotatable bonds is 3. The summed E-state index contributed by atoms with van der Waals surface area (Å²) in [6.07, 6.45) is 0.378. The molecule has 0 unspecified atom stereocenters. The molecule has 0 spiro atoms. The summed E-state index contributed by atoms with van der Waals surface area (Å²) in [5.41, 5.74) is 9.50. The predicted molar refractivity (Wildman–Crippen MR) is 83.8 cm³/mol. The summed E-state index contributed by atoms with van der Waals surface area (Å²) in [5.74, 6) is 1.77. The van der Waals surface area contributed by atoms with Gasteiger partial charge in [-0.15, -0.1) is 0 Å². The molecule has 0 saturated heterocycles. The molecule has 0 radical (unpaired) electrons. The van der Waals surface area contributed by atoms with Crippen molar-refractivity contribution in [3.05, 3.63) is 47.5 Å². The Kier molecular flexibility index (Phi) is 3.29. The maximum absolute atomic E-state index is 11.4. The highest BCUT2D eigenvalue weighted by Crippen LogP contribution is 2.35. The number of amides is 1. The van der Waals surface area contributed by atoms with Gasteiger partial charge in [0, 0.05) is 11.8 Å². The zero-order valence-electron chi connectivity index (χ0n) is 12.1. The van der Waals surface area contributed by atoms with Crippen molar-refractivity contribution in [2.24, 2.45) is 0 Å². The van der Waals surface area contributed by atoms with Gasteiger partial charge in [-0.3, -0.25) is 4.79 Å². The molecular formula is C17H18N2O2. The summed E-state index contributed by atoms with van der Waals surface area (Å²) in [7, 11) is 0. The Bertz CT molecular complexity index is 691.